The lowest BCUT2D eigenvalue weighted by Gasteiger charge is -2.07. The van der Waals surface area contributed by atoms with Crippen LogP contribution >= 0.6 is 11.6 Å². The van der Waals surface area contributed by atoms with E-state index in [1.165, 1.54) is 0 Å². The van der Waals surface area contributed by atoms with Gasteiger partial charge < -0.3 is 5.32 Å². The van der Waals surface area contributed by atoms with E-state index in [4.69, 9.17) is 11.6 Å². The maximum Gasteiger partial charge on any atom is 0.201 e. The second-order valence-electron chi connectivity index (χ2n) is 4.54. The van der Waals surface area contributed by atoms with E-state index < -0.39 is 0 Å². The van der Waals surface area contributed by atoms with Crippen molar-refractivity contribution < 1.29 is 0 Å². The molecule has 3 aromatic rings. The molecule has 0 aliphatic carbocycles. The SMILES string of the molecule is CC(C)c1nnc2c(Nc3cnccn3)cc(Cl)nn12. The zero-order valence-corrected chi connectivity index (χ0v) is 11.7. The first kappa shape index (κ1) is 12.7. The number of nitrogens with one attached hydrogen (secondary N) is 1. The molecule has 0 aliphatic heterocycles. The van der Waals surface area contributed by atoms with Crippen LogP contribution in [-0.2, 0) is 0 Å². The van der Waals surface area contributed by atoms with E-state index in [0.717, 1.165) is 5.82 Å². The molecule has 3 rings (SSSR count). The normalized spacial score (nSPS) is 11.2. The summed E-state index contributed by atoms with van der Waals surface area (Å²) in [6.07, 6.45) is 4.82. The second kappa shape index (κ2) is 5.01. The lowest BCUT2D eigenvalue weighted by molar-refractivity contribution is 0.721. The Bertz CT molecular complexity index is 738. The molecule has 0 aromatic carbocycles. The molecule has 3 heterocycles. The van der Waals surface area contributed by atoms with E-state index in [2.05, 4.69) is 30.6 Å². The van der Waals surface area contributed by atoms with Gasteiger partial charge in [0.1, 0.15) is 5.82 Å². The maximum atomic E-state index is 6.06. The van der Waals surface area contributed by atoms with Crippen LogP contribution in [0.1, 0.15) is 25.6 Å². The minimum Gasteiger partial charge on any atom is -0.336 e. The van der Waals surface area contributed by atoms with Crippen molar-refractivity contribution in [3.63, 3.8) is 0 Å². The fourth-order valence-electron chi connectivity index (χ4n) is 1.82. The highest BCUT2D eigenvalue weighted by atomic mass is 35.5. The Hall–Kier alpha value is -2.28. The van der Waals surface area contributed by atoms with E-state index >= 15 is 0 Å². The average molecular weight is 290 g/mol. The Labute approximate surface area is 120 Å². The molecule has 0 spiro atoms. The van der Waals surface area contributed by atoms with E-state index in [1.807, 2.05) is 13.8 Å². The number of hydrogen-bond acceptors (Lipinski definition) is 6. The summed E-state index contributed by atoms with van der Waals surface area (Å²) >= 11 is 6.06. The van der Waals surface area contributed by atoms with Crippen molar-refractivity contribution in [3.8, 4) is 0 Å². The van der Waals surface area contributed by atoms with Crippen molar-refractivity contribution in [1.82, 2.24) is 29.8 Å². The Morgan fingerprint density at radius 3 is 2.80 bits per heavy atom. The molecule has 20 heavy (non-hydrogen) atoms. The van der Waals surface area contributed by atoms with E-state index in [1.54, 1.807) is 29.2 Å². The number of halogens is 1. The fourth-order valence-corrected chi connectivity index (χ4v) is 2.00. The molecule has 0 aliphatic rings. The highest BCUT2D eigenvalue weighted by Crippen LogP contribution is 2.24. The van der Waals surface area contributed by atoms with Gasteiger partial charge in [0.15, 0.2) is 11.0 Å². The van der Waals surface area contributed by atoms with Crippen molar-refractivity contribution in [2.45, 2.75) is 19.8 Å². The molecule has 0 unspecified atom stereocenters. The highest BCUT2D eigenvalue weighted by Gasteiger charge is 2.15. The summed E-state index contributed by atoms with van der Waals surface area (Å²) in [6, 6.07) is 1.68. The van der Waals surface area contributed by atoms with Gasteiger partial charge in [0.25, 0.3) is 0 Å². The predicted molar refractivity (Wildman–Crippen MR) is 75.2 cm³/mol. The quantitative estimate of drug-likeness (QED) is 0.797. The summed E-state index contributed by atoms with van der Waals surface area (Å²) in [5.41, 5.74) is 1.29. The summed E-state index contributed by atoms with van der Waals surface area (Å²) in [6.45, 7) is 4.05. The molecule has 0 fully saturated rings. The van der Waals surface area contributed by atoms with Gasteiger partial charge in [-0.1, -0.05) is 25.4 Å². The van der Waals surface area contributed by atoms with Crippen molar-refractivity contribution in [2.24, 2.45) is 0 Å². The number of rotatable bonds is 3. The average Bonchev–Trinajstić information content (AvgIpc) is 2.83. The van der Waals surface area contributed by atoms with Crippen molar-refractivity contribution in [2.75, 3.05) is 5.32 Å². The van der Waals surface area contributed by atoms with Gasteiger partial charge in [-0.05, 0) is 0 Å². The third-order valence-corrected chi connectivity index (χ3v) is 2.89. The molecule has 0 saturated heterocycles. The molecule has 8 heteroatoms. The first-order chi connectivity index (χ1) is 9.65. The molecule has 0 amide bonds. The lowest BCUT2D eigenvalue weighted by atomic mass is 10.2. The van der Waals surface area contributed by atoms with E-state index in [-0.39, 0.29) is 5.92 Å². The largest absolute Gasteiger partial charge is 0.336 e. The van der Waals surface area contributed by atoms with Crippen LogP contribution in [-0.4, -0.2) is 29.8 Å². The molecule has 3 aromatic heterocycles. The Morgan fingerprint density at radius 2 is 2.10 bits per heavy atom. The summed E-state index contributed by atoms with van der Waals surface area (Å²) in [7, 11) is 0. The molecule has 1 N–H and O–H groups in total. The van der Waals surface area contributed by atoms with Crippen LogP contribution in [0.25, 0.3) is 5.65 Å². The molecule has 0 radical (unpaired) electrons. The van der Waals surface area contributed by atoms with Crippen molar-refractivity contribution >= 4 is 28.8 Å². The Kier molecular flexibility index (Phi) is 3.19. The summed E-state index contributed by atoms with van der Waals surface area (Å²) < 4.78 is 1.64. The zero-order valence-electron chi connectivity index (χ0n) is 10.9. The predicted octanol–water partition coefficient (Wildman–Crippen LogP) is 2.43. The second-order valence-corrected chi connectivity index (χ2v) is 4.93. The third-order valence-electron chi connectivity index (χ3n) is 2.71. The zero-order chi connectivity index (χ0) is 14.1. The standard InChI is InChI=1S/C12H12ClN7/c1-7(2)11-17-18-12-8(5-9(13)19-20(11)12)16-10-6-14-3-4-15-10/h3-7H,1-2H3,(H,15,16). The molecule has 0 bridgehead atoms. The number of hydrogen-bond donors (Lipinski definition) is 1. The highest BCUT2D eigenvalue weighted by molar-refractivity contribution is 6.29. The Morgan fingerprint density at radius 1 is 1.25 bits per heavy atom. The van der Waals surface area contributed by atoms with Crippen LogP contribution < -0.4 is 5.32 Å². The lowest BCUT2D eigenvalue weighted by Crippen LogP contribution is -2.03. The van der Waals surface area contributed by atoms with Gasteiger partial charge in [-0.15, -0.1) is 10.2 Å². The fraction of sp³-hybridized carbons (Fsp3) is 0.250. The maximum absolute atomic E-state index is 6.06. The van der Waals surface area contributed by atoms with Gasteiger partial charge in [-0.3, -0.25) is 4.98 Å². The first-order valence-electron chi connectivity index (χ1n) is 6.10. The molecule has 7 nitrogen and oxygen atoms in total. The van der Waals surface area contributed by atoms with Crippen LogP contribution in [0, 0.1) is 0 Å². The van der Waals surface area contributed by atoms with Gasteiger partial charge in [0.2, 0.25) is 5.65 Å². The molecular formula is C12H12ClN7. The van der Waals surface area contributed by atoms with Gasteiger partial charge >= 0.3 is 0 Å². The van der Waals surface area contributed by atoms with Gasteiger partial charge in [0, 0.05) is 24.4 Å². The summed E-state index contributed by atoms with van der Waals surface area (Å²) in [4.78, 5) is 8.16. The minimum absolute atomic E-state index is 0.195. The van der Waals surface area contributed by atoms with Crippen LogP contribution in [0.5, 0.6) is 0 Å². The number of anilines is 2. The van der Waals surface area contributed by atoms with Crippen LogP contribution in [0.4, 0.5) is 11.5 Å². The van der Waals surface area contributed by atoms with Gasteiger partial charge in [0.05, 0.1) is 11.9 Å². The van der Waals surface area contributed by atoms with Crippen molar-refractivity contribution in [1.29, 1.82) is 0 Å². The van der Waals surface area contributed by atoms with E-state index in [9.17, 15) is 0 Å². The van der Waals surface area contributed by atoms with Crippen LogP contribution in [0.2, 0.25) is 5.15 Å². The molecule has 0 saturated carbocycles. The monoisotopic (exact) mass is 289 g/mol. The molecule has 102 valence electrons. The van der Waals surface area contributed by atoms with Gasteiger partial charge in [-0.2, -0.15) is 9.61 Å². The molecule has 0 atom stereocenters. The topological polar surface area (TPSA) is 80.9 Å². The van der Waals surface area contributed by atoms with Crippen molar-refractivity contribution in [3.05, 3.63) is 35.6 Å². The summed E-state index contributed by atoms with van der Waals surface area (Å²) in [5.74, 6) is 1.55. The van der Waals surface area contributed by atoms with E-state index in [0.29, 0.717) is 22.3 Å². The van der Waals surface area contributed by atoms with Crippen LogP contribution in [0.3, 0.4) is 0 Å². The Balaban J connectivity index is 2.11. The number of aromatic nitrogens is 6. The number of nitrogens with zero attached hydrogens (tertiary/aromatic N) is 6. The smallest absolute Gasteiger partial charge is 0.201 e. The van der Waals surface area contributed by atoms with Crippen LogP contribution in [0.15, 0.2) is 24.7 Å². The summed E-state index contributed by atoms with van der Waals surface area (Å²) in [5, 5.41) is 16.0. The number of fused-ring (bicyclic) bond motifs is 1. The minimum atomic E-state index is 0.195. The molecular weight excluding hydrogens is 278 g/mol. The first-order valence-corrected chi connectivity index (χ1v) is 6.48. The third kappa shape index (κ3) is 2.27. The van der Waals surface area contributed by atoms with Gasteiger partial charge in [-0.25, -0.2) is 4.98 Å².